The van der Waals surface area contributed by atoms with Crippen LogP contribution in [0, 0.1) is 5.41 Å². The minimum atomic E-state index is -0.395. The van der Waals surface area contributed by atoms with Crippen LogP contribution >= 0.6 is 11.6 Å². The first-order valence-corrected chi connectivity index (χ1v) is 8.49. The van der Waals surface area contributed by atoms with E-state index in [0.717, 1.165) is 11.3 Å². The second-order valence-corrected chi connectivity index (χ2v) is 6.04. The minimum Gasteiger partial charge on any atom is -0.354 e. The van der Waals surface area contributed by atoms with Crippen LogP contribution in [0.2, 0.25) is 5.02 Å². The smallest absolute Gasteiger partial charge is 0.320 e. The molecule has 0 aliphatic rings. The van der Waals surface area contributed by atoms with E-state index >= 15 is 0 Å². The summed E-state index contributed by atoms with van der Waals surface area (Å²) in [4.78, 5) is 20.2. The van der Waals surface area contributed by atoms with Gasteiger partial charge in [0.15, 0.2) is 0 Å². The van der Waals surface area contributed by atoms with Gasteiger partial charge in [0.1, 0.15) is 5.82 Å². The standard InChI is InChI=1S/C19H17ClN6O/c20-15-3-1-2-13(8-15)11-24-19(27)26-18-9-14(10-21)17(12-23-18)25-16-4-6-22-7-5-16/h1-10,12,21H,11H2,(H,22,25)(H2,23,24,26,27). The average Bonchev–Trinajstić information content (AvgIpc) is 2.68. The van der Waals surface area contributed by atoms with Crippen molar-refractivity contribution in [2.24, 2.45) is 0 Å². The number of halogens is 1. The third-order valence-electron chi connectivity index (χ3n) is 3.63. The number of amides is 2. The largest absolute Gasteiger partial charge is 0.354 e. The van der Waals surface area contributed by atoms with Crippen LogP contribution in [0.3, 0.4) is 0 Å². The van der Waals surface area contributed by atoms with Crippen molar-refractivity contribution in [3.8, 4) is 0 Å². The van der Waals surface area contributed by atoms with Gasteiger partial charge in [0.2, 0.25) is 0 Å². The Kier molecular flexibility index (Phi) is 5.96. The maximum absolute atomic E-state index is 12.1. The Morgan fingerprint density at radius 2 is 2.00 bits per heavy atom. The number of carbonyl (C=O) groups excluding carboxylic acids is 1. The van der Waals surface area contributed by atoms with Gasteiger partial charge >= 0.3 is 6.03 Å². The summed E-state index contributed by atoms with van der Waals surface area (Å²) in [5, 5.41) is 16.8. The third-order valence-corrected chi connectivity index (χ3v) is 3.87. The van der Waals surface area contributed by atoms with E-state index in [0.29, 0.717) is 28.6 Å². The van der Waals surface area contributed by atoms with Gasteiger partial charge in [-0.3, -0.25) is 10.3 Å². The van der Waals surface area contributed by atoms with Gasteiger partial charge in [-0.1, -0.05) is 23.7 Å². The summed E-state index contributed by atoms with van der Waals surface area (Å²) in [5.74, 6) is 0.345. The van der Waals surface area contributed by atoms with Crippen molar-refractivity contribution in [2.75, 3.05) is 10.6 Å². The van der Waals surface area contributed by atoms with Gasteiger partial charge in [-0.15, -0.1) is 0 Å². The number of urea groups is 1. The molecule has 1 aromatic carbocycles. The maximum Gasteiger partial charge on any atom is 0.320 e. The molecule has 0 saturated heterocycles. The fourth-order valence-corrected chi connectivity index (χ4v) is 2.56. The van der Waals surface area contributed by atoms with Crippen LogP contribution in [-0.4, -0.2) is 22.2 Å². The van der Waals surface area contributed by atoms with E-state index in [9.17, 15) is 4.79 Å². The molecule has 3 aromatic rings. The lowest BCUT2D eigenvalue weighted by molar-refractivity contribution is 0.251. The number of rotatable bonds is 6. The highest BCUT2D eigenvalue weighted by molar-refractivity contribution is 6.30. The molecular formula is C19H17ClN6O. The Hall–Kier alpha value is -3.45. The molecule has 0 fully saturated rings. The van der Waals surface area contributed by atoms with Gasteiger partial charge in [0.05, 0.1) is 11.9 Å². The SMILES string of the molecule is N=Cc1cc(NC(=O)NCc2cccc(Cl)c2)ncc1Nc1ccncc1. The minimum absolute atomic E-state index is 0.339. The number of aromatic nitrogens is 2. The lowest BCUT2D eigenvalue weighted by atomic mass is 10.2. The molecule has 0 bridgehead atoms. The molecular weight excluding hydrogens is 364 g/mol. The van der Waals surface area contributed by atoms with E-state index in [-0.39, 0.29) is 0 Å². The van der Waals surface area contributed by atoms with Crippen LogP contribution in [0.15, 0.2) is 61.1 Å². The zero-order valence-corrected chi connectivity index (χ0v) is 15.0. The predicted molar refractivity (Wildman–Crippen MR) is 107 cm³/mol. The number of hydrogen-bond acceptors (Lipinski definition) is 5. The van der Waals surface area contributed by atoms with E-state index < -0.39 is 6.03 Å². The summed E-state index contributed by atoms with van der Waals surface area (Å²) in [6.07, 6.45) is 6.09. The highest BCUT2D eigenvalue weighted by atomic mass is 35.5. The normalized spacial score (nSPS) is 10.1. The fourth-order valence-electron chi connectivity index (χ4n) is 2.34. The number of nitrogens with one attached hydrogen (secondary N) is 4. The van der Waals surface area contributed by atoms with Gasteiger partial charge in [-0.2, -0.15) is 0 Å². The number of carbonyl (C=O) groups is 1. The van der Waals surface area contributed by atoms with Crippen molar-refractivity contribution in [1.29, 1.82) is 5.41 Å². The number of anilines is 3. The first kappa shape index (κ1) is 18.3. The molecule has 0 spiro atoms. The molecule has 8 heteroatoms. The van der Waals surface area contributed by atoms with Crippen molar-refractivity contribution < 1.29 is 4.79 Å². The molecule has 136 valence electrons. The number of nitrogens with zero attached hydrogens (tertiary/aromatic N) is 2. The molecule has 0 unspecified atom stereocenters. The fraction of sp³-hybridized carbons (Fsp3) is 0.0526. The second kappa shape index (κ2) is 8.77. The van der Waals surface area contributed by atoms with Gasteiger partial charge in [0, 0.05) is 41.4 Å². The Morgan fingerprint density at radius 3 is 2.74 bits per heavy atom. The van der Waals surface area contributed by atoms with E-state index in [4.69, 9.17) is 17.0 Å². The van der Waals surface area contributed by atoms with Crippen molar-refractivity contribution in [1.82, 2.24) is 15.3 Å². The van der Waals surface area contributed by atoms with Gasteiger partial charge in [-0.25, -0.2) is 9.78 Å². The zero-order valence-electron chi connectivity index (χ0n) is 14.2. The first-order valence-electron chi connectivity index (χ1n) is 8.11. The topological polar surface area (TPSA) is 103 Å². The van der Waals surface area contributed by atoms with Crippen LogP contribution in [0.5, 0.6) is 0 Å². The molecule has 0 saturated carbocycles. The molecule has 2 amide bonds. The molecule has 3 rings (SSSR count). The van der Waals surface area contributed by atoms with Crippen LogP contribution in [0.25, 0.3) is 0 Å². The molecule has 0 aliphatic heterocycles. The summed E-state index contributed by atoms with van der Waals surface area (Å²) >= 11 is 5.93. The summed E-state index contributed by atoms with van der Waals surface area (Å²) in [7, 11) is 0. The van der Waals surface area contributed by atoms with Gasteiger partial charge < -0.3 is 16.0 Å². The molecule has 0 aliphatic carbocycles. The zero-order chi connectivity index (χ0) is 19.1. The van der Waals surface area contributed by atoms with E-state index in [1.54, 1.807) is 36.8 Å². The highest BCUT2D eigenvalue weighted by Gasteiger charge is 2.07. The third kappa shape index (κ3) is 5.26. The van der Waals surface area contributed by atoms with Crippen LogP contribution in [0.1, 0.15) is 11.1 Å². The summed E-state index contributed by atoms with van der Waals surface area (Å²) < 4.78 is 0. The Balaban J connectivity index is 1.63. The van der Waals surface area contributed by atoms with E-state index in [1.807, 2.05) is 24.3 Å². The van der Waals surface area contributed by atoms with Gasteiger partial charge in [-0.05, 0) is 35.9 Å². The summed E-state index contributed by atoms with van der Waals surface area (Å²) in [6, 6.07) is 12.1. The number of pyridine rings is 2. The quantitative estimate of drug-likeness (QED) is 0.481. The average molecular weight is 381 g/mol. The molecule has 4 N–H and O–H groups in total. The number of hydrogen-bond donors (Lipinski definition) is 4. The van der Waals surface area contributed by atoms with Gasteiger partial charge in [0.25, 0.3) is 0 Å². The first-order chi connectivity index (χ1) is 13.1. The molecule has 27 heavy (non-hydrogen) atoms. The van der Waals surface area contributed by atoms with E-state index in [2.05, 4.69) is 25.9 Å². The van der Waals surface area contributed by atoms with Crippen molar-refractivity contribution in [2.45, 2.75) is 6.54 Å². The van der Waals surface area contributed by atoms with Crippen LogP contribution < -0.4 is 16.0 Å². The summed E-state index contributed by atoms with van der Waals surface area (Å²) in [5.41, 5.74) is 2.96. The van der Waals surface area contributed by atoms with E-state index in [1.165, 1.54) is 6.21 Å². The highest BCUT2D eigenvalue weighted by Crippen LogP contribution is 2.20. The predicted octanol–water partition coefficient (Wildman–Crippen LogP) is 4.19. The Labute approximate surface area is 161 Å². The lowest BCUT2D eigenvalue weighted by Crippen LogP contribution is -2.28. The Bertz CT molecular complexity index is 948. The van der Waals surface area contributed by atoms with Crippen molar-refractivity contribution >= 4 is 41.0 Å². The molecule has 0 radical (unpaired) electrons. The van der Waals surface area contributed by atoms with Crippen molar-refractivity contribution in [3.63, 3.8) is 0 Å². The van der Waals surface area contributed by atoms with Crippen LogP contribution in [0.4, 0.5) is 22.0 Å². The van der Waals surface area contributed by atoms with Crippen molar-refractivity contribution in [3.05, 3.63) is 77.2 Å². The number of benzene rings is 1. The molecule has 7 nitrogen and oxygen atoms in total. The van der Waals surface area contributed by atoms with Crippen LogP contribution in [-0.2, 0) is 6.54 Å². The molecule has 2 aromatic heterocycles. The molecule has 2 heterocycles. The monoisotopic (exact) mass is 380 g/mol. The maximum atomic E-state index is 12.1. The Morgan fingerprint density at radius 1 is 1.19 bits per heavy atom. The lowest BCUT2D eigenvalue weighted by Gasteiger charge is -2.11. The molecule has 0 atom stereocenters. The second-order valence-electron chi connectivity index (χ2n) is 5.60. The summed E-state index contributed by atoms with van der Waals surface area (Å²) in [6.45, 7) is 0.339.